The molecule has 0 bridgehead atoms. The SMILES string of the molecule is CC(=O)c1cc(I)c(Br)cc1C#N. The maximum Gasteiger partial charge on any atom is 0.161 e. The molecule has 1 aromatic carbocycles. The summed E-state index contributed by atoms with van der Waals surface area (Å²) in [4.78, 5) is 11.1. The summed E-state index contributed by atoms with van der Waals surface area (Å²) in [6.07, 6.45) is 0. The molecule has 0 aromatic heterocycles. The van der Waals surface area contributed by atoms with Crippen molar-refractivity contribution in [1.29, 1.82) is 5.26 Å². The quantitative estimate of drug-likeness (QED) is 0.577. The molecule has 0 amide bonds. The van der Waals surface area contributed by atoms with Crippen molar-refractivity contribution >= 4 is 44.3 Å². The van der Waals surface area contributed by atoms with Crippen LogP contribution in [0.25, 0.3) is 0 Å². The van der Waals surface area contributed by atoms with Gasteiger partial charge in [-0.05, 0) is 57.6 Å². The van der Waals surface area contributed by atoms with Gasteiger partial charge in [0.25, 0.3) is 0 Å². The molecule has 13 heavy (non-hydrogen) atoms. The van der Waals surface area contributed by atoms with Gasteiger partial charge in [-0.15, -0.1) is 0 Å². The van der Waals surface area contributed by atoms with Crippen molar-refractivity contribution in [1.82, 2.24) is 0 Å². The lowest BCUT2D eigenvalue weighted by Gasteiger charge is -2.02. The highest BCUT2D eigenvalue weighted by Crippen LogP contribution is 2.23. The maximum absolute atomic E-state index is 11.1. The summed E-state index contributed by atoms with van der Waals surface area (Å²) in [5, 5.41) is 8.76. The van der Waals surface area contributed by atoms with E-state index >= 15 is 0 Å². The molecular formula is C9H5BrINO. The second kappa shape index (κ2) is 4.20. The van der Waals surface area contributed by atoms with E-state index in [2.05, 4.69) is 38.5 Å². The predicted octanol–water partition coefficient (Wildman–Crippen LogP) is 3.13. The Morgan fingerprint density at radius 1 is 1.62 bits per heavy atom. The molecule has 66 valence electrons. The van der Waals surface area contributed by atoms with Crippen LogP contribution in [0.2, 0.25) is 0 Å². The Bertz CT molecular complexity index is 409. The third-order valence-corrected chi connectivity index (χ3v) is 3.85. The first-order valence-electron chi connectivity index (χ1n) is 3.46. The first kappa shape index (κ1) is 10.7. The van der Waals surface area contributed by atoms with Gasteiger partial charge in [-0.3, -0.25) is 4.79 Å². The molecule has 2 nitrogen and oxygen atoms in total. The number of benzene rings is 1. The van der Waals surface area contributed by atoms with Crippen molar-refractivity contribution in [3.8, 4) is 6.07 Å². The van der Waals surface area contributed by atoms with Crippen molar-refractivity contribution in [2.75, 3.05) is 0 Å². The third kappa shape index (κ3) is 2.29. The summed E-state index contributed by atoms with van der Waals surface area (Å²) >= 11 is 5.41. The van der Waals surface area contributed by atoms with Crippen LogP contribution in [-0.4, -0.2) is 5.78 Å². The standard InChI is InChI=1S/C9H5BrINO/c1-5(13)7-3-9(11)8(10)2-6(7)4-12/h2-3H,1H3. The molecule has 0 radical (unpaired) electrons. The highest BCUT2D eigenvalue weighted by molar-refractivity contribution is 14.1. The fourth-order valence-electron chi connectivity index (χ4n) is 0.931. The molecule has 0 fully saturated rings. The summed E-state index contributed by atoms with van der Waals surface area (Å²) in [7, 11) is 0. The van der Waals surface area contributed by atoms with Gasteiger partial charge in [0.1, 0.15) is 0 Å². The molecule has 0 aliphatic carbocycles. The van der Waals surface area contributed by atoms with Crippen molar-refractivity contribution in [2.45, 2.75) is 6.92 Å². The van der Waals surface area contributed by atoms with Gasteiger partial charge in [-0.2, -0.15) is 5.26 Å². The van der Waals surface area contributed by atoms with Gasteiger partial charge in [-0.1, -0.05) is 0 Å². The summed E-state index contributed by atoms with van der Waals surface area (Å²) in [5.74, 6) is -0.0815. The Morgan fingerprint density at radius 2 is 2.23 bits per heavy atom. The van der Waals surface area contributed by atoms with E-state index in [0.717, 1.165) is 8.04 Å². The molecule has 0 saturated heterocycles. The Balaban J connectivity index is 3.44. The van der Waals surface area contributed by atoms with E-state index in [1.807, 2.05) is 6.07 Å². The maximum atomic E-state index is 11.1. The first-order chi connectivity index (χ1) is 6.06. The van der Waals surface area contributed by atoms with Gasteiger partial charge in [0.2, 0.25) is 0 Å². The van der Waals surface area contributed by atoms with E-state index < -0.39 is 0 Å². The number of ketones is 1. The number of halogens is 2. The Morgan fingerprint density at radius 3 is 2.69 bits per heavy atom. The summed E-state index contributed by atoms with van der Waals surface area (Å²) in [5.41, 5.74) is 0.898. The minimum absolute atomic E-state index is 0.0815. The number of rotatable bonds is 1. The van der Waals surface area contributed by atoms with E-state index in [1.165, 1.54) is 6.92 Å². The summed E-state index contributed by atoms with van der Waals surface area (Å²) in [6.45, 7) is 1.46. The molecule has 4 heteroatoms. The van der Waals surface area contributed by atoms with Gasteiger partial charge in [0.15, 0.2) is 5.78 Å². The molecule has 1 rings (SSSR count). The Hall–Kier alpha value is -0.410. The van der Waals surface area contributed by atoms with Crippen molar-refractivity contribution in [3.63, 3.8) is 0 Å². The molecule has 0 aliphatic heterocycles. The largest absolute Gasteiger partial charge is 0.294 e. The number of Topliss-reactive ketones (excluding diaryl/α,β-unsaturated/α-hetero) is 1. The second-order valence-electron chi connectivity index (χ2n) is 2.48. The number of hydrogen-bond donors (Lipinski definition) is 0. The Kier molecular flexibility index (Phi) is 3.45. The number of carbonyl (C=O) groups is 1. The molecule has 1 aromatic rings. The van der Waals surface area contributed by atoms with Crippen molar-refractivity contribution in [3.05, 3.63) is 31.3 Å². The molecule has 0 atom stereocenters. The molecule has 0 N–H and O–H groups in total. The van der Waals surface area contributed by atoms with Crippen LogP contribution in [0.5, 0.6) is 0 Å². The van der Waals surface area contributed by atoms with Crippen LogP contribution in [0.3, 0.4) is 0 Å². The van der Waals surface area contributed by atoms with Crippen molar-refractivity contribution < 1.29 is 4.79 Å². The number of nitrogens with zero attached hydrogens (tertiary/aromatic N) is 1. The molecular weight excluding hydrogens is 345 g/mol. The van der Waals surface area contributed by atoms with Crippen LogP contribution in [0.1, 0.15) is 22.8 Å². The fraction of sp³-hybridized carbons (Fsp3) is 0.111. The fourth-order valence-corrected chi connectivity index (χ4v) is 1.74. The predicted molar refractivity (Wildman–Crippen MR) is 61.6 cm³/mol. The topological polar surface area (TPSA) is 40.9 Å². The van der Waals surface area contributed by atoms with E-state index in [-0.39, 0.29) is 5.78 Å². The average Bonchev–Trinajstić information content (AvgIpc) is 2.08. The summed E-state index contributed by atoms with van der Waals surface area (Å²) < 4.78 is 1.77. The Labute approximate surface area is 98.2 Å². The van der Waals surface area contributed by atoms with Crippen LogP contribution in [0.15, 0.2) is 16.6 Å². The lowest BCUT2D eigenvalue weighted by Crippen LogP contribution is -1.97. The zero-order valence-corrected chi connectivity index (χ0v) is 10.5. The smallest absolute Gasteiger partial charge is 0.161 e. The van der Waals surface area contributed by atoms with Crippen molar-refractivity contribution in [2.24, 2.45) is 0 Å². The lowest BCUT2D eigenvalue weighted by molar-refractivity contribution is 0.101. The van der Waals surface area contributed by atoms with Crippen LogP contribution in [-0.2, 0) is 0 Å². The van der Waals surface area contributed by atoms with Crippen LogP contribution >= 0.6 is 38.5 Å². The average molecular weight is 350 g/mol. The molecule has 0 unspecified atom stereocenters. The second-order valence-corrected chi connectivity index (χ2v) is 4.50. The monoisotopic (exact) mass is 349 g/mol. The minimum Gasteiger partial charge on any atom is -0.294 e. The van der Waals surface area contributed by atoms with E-state index in [1.54, 1.807) is 12.1 Å². The third-order valence-electron chi connectivity index (χ3n) is 1.56. The minimum atomic E-state index is -0.0815. The summed E-state index contributed by atoms with van der Waals surface area (Å²) in [6, 6.07) is 5.37. The van der Waals surface area contributed by atoms with Gasteiger partial charge in [0, 0.05) is 13.6 Å². The molecule has 0 spiro atoms. The van der Waals surface area contributed by atoms with Crippen LogP contribution < -0.4 is 0 Å². The number of nitriles is 1. The lowest BCUT2D eigenvalue weighted by atomic mass is 10.1. The van der Waals surface area contributed by atoms with E-state index in [9.17, 15) is 4.79 Å². The molecule has 0 heterocycles. The van der Waals surface area contributed by atoms with Gasteiger partial charge in [0.05, 0.1) is 11.6 Å². The zero-order chi connectivity index (χ0) is 10.0. The normalized spacial score (nSPS) is 9.38. The van der Waals surface area contributed by atoms with Gasteiger partial charge >= 0.3 is 0 Å². The molecule has 0 aliphatic rings. The zero-order valence-electron chi connectivity index (χ0n) is 6.77. The van der Waals surface area contributed by atoms with Crippen LogP contribution in [0.4, 0.5) is 0 Å². The van der Waals surface area contributed by atoms with Gasteiger partial charge < -0.3 is 0 Å². The van der Waals surface area contributed by atoms with E-state index in [0.29, 0.717) is 11.1 Å². The number of hydrogen-bond acceptors (Lipinski definition) is 2. The highest BCUT2D eigenvalue weighted by atomic mass is 127. The van der Waals surface area contributed by atoms with E-state index in [4.69, 9.17) is 5.26 Å². The van der Waals surface area contributed by atoms with Gasteiger partial charge in [-0.25, -0.2) is 0 Å². The first-order valence-corrected chi connectivity index (χ1v) is 5.33. The number of carbonyl (C=O) groups excluding carboxylic acids is 1. The van der Waals surface area contributed by atoms with Crippen LogP contribution in [0, 0.1) is 14.9 Å². The highest BCUT2D eigenvalue weighted by Gasteiger charge is 2.09. The molecule has 0 saturated carbocycles.